The van der Waals surface area contributed by atoms with Crippen LogP contribution in [-0.2, 0) is 4.79 Å². The van der Waals surface area contributed by atoms with Gasteiger partial charge in [-0.1, -0.05) is 25.3 Å². The van der Waals surface area contributed by atoms with Crippen LogP contribution in [0.25, 0.3) is 0 Å². The number of carboxylic acid groups (broad SMARTS) is 1. The molecule has 2 rings (SSSR count). The van der Waals surface area contributed by atoms with Crippen LogP contribution < -0.4 is 5.32 Å². The second kappa shape index (κ2) is 6.11. The summed E-state index contributed by atoms with van der Waals surface area (Å²) in [4.78, 5) is 21.9. The van der Waals surface area contributed by atoms with Crippen LogP contribution in [0.3, 0.4) is 0 Å². The van der Waals surface area contributed by atoms with E-state index in [1.54, 1.807) is 19.1 Å². The fourth-order valence-corrected chi connectivity index (χ4v) is 3.05. The van der Waals surface area contributed by atoms with Crippen LogP contribution >= 0.6 is 0 Å². The molecule has 0 aromatic heterocycles. The lowest BCUT2D eigenvalue weighted by Crippen LogP contribution is -2.42. The molecule has 114 valence electrons. The summed E-state index contributed by atoms with van der Waals surface area (Å²) < 4.78 is 0. The number of hydrogen-bond donors (Lipinski definition) is 2. The second-order valence-electron chi connectivity index (χ2n) is 5.81. The van der Waals surface area contributed by atoms with Gasteiger partial charge in [0.2, 0.25) is 0 Å². The standard InChI is InChI=1S/C15H20N2O4/c1-11-5-6-12(13(9-11)17(20)21)16-15(10-14(18)19)7-3-2-4-8-15/h5-6,9,16H,2-4,7-8,10H2,1H3,(H,18,19). The van der Waals surface area contributed by atoms with E-state index < -0.39 is 16.4 Å². The molecule has 1 saturated carbocycles. The van der Waals surface area contributed by atoms with Crippen molar-refractivity contribution in [3.05, 3.63) is 33.9 Å². The molecule has 0 atom stereocenters. The number of aliphatic carboxylic acids is 1. The second-order valence-corrected chi connectivity index (χ2v) is 5.81. The molecule has 0 heterocycles. The number of nitrogens with zero attached hydrogens (tertiary/aromatic N) is 1. The third-order valence-corrected chi connectivity index (χ3v) is 4.05. The minimum atomic E-state index is -0.876. The van der Waals surface area contributed by atoms with Crippen molar-refractivity contribution in [1.82, 2.24) is 0 Å². The van der Waals surface area contributed by atoms with Crippen LogP contribution in [-0.4, -0.2) is 21.5 Å². The van der Waals surface area contributed by atoms with E-state index in [-0.39, 0.29) is 12.1 Å². The average molecular weight is 292 g/mol. The van der Waals surface area contributed by atoms with Gasteiger partial charge in [-0.15, -0.1) is 0 Å². The maximum atomic E-state index is 11.2. The summed E-state index contributed by atoms with van der Waals surface area (Å²) >= 11 is 0. The van der Waals surface area contributed by atoms with Crippen molar-refractivity contribution < 1.29 is 14.8 Å². The molecule has 0 aliphatic heterocycles. The fourth-order valence-electron chi connectivity index (χ4n) is 3.05. The van der Waals surface area contributed by atoms with Gasteiger partial charge in [0.25, 0.3) is 5.69 Å². The topological polar surface area (TPSA) is 92.5 Å². The number of aryl methyl sites for hydroxylation is 1. The van der Waals surface area contributed by atoms with Crippen molar-refractivity contribution in [3.8, 4) is 0 Å². The third kappa shape index (κ3) is 3.71. The lowest BCUT2D eigenvalue weighted by Gasteiger charge is -2.37. The summed E-state index contributed by atoms with van der Waals surface area (Å²) in [6, 6.07) is 4.98. The SMILES string of the molecule is Cc1ccc(NC2(CC(=O)O)CCCCC2)c([N+](=O)[O-])c1. The molecule has 0 bridgehead atoms. The molecule has 0 radical (unpaired) electrons. The van der Waals surface area contributed by atoms with E-state index in [9.17, 15) is 14.9 Å². The molecule has 0 amide bonds. The minimum absolute atomic E-state index is 0.00494. The smallest absolute Gasteiger partial charge is 0.305 e. The van der Waals surface area contributed by atoms with Crippen molar-refractivity contribution >= 4 is 17.3 Å². The highest BCUT2D eigenvalue weighted by atomic mass is 16.6. The molecule has 0 spiro atoms. The zero-order valence-electron chi connectivity index (χ0n) is 12.1. The molecule has 0 unspecified atom stereocenters. The van der Waals surface area contributed by atoms with Crippen LogP contribution in [0.2, 0.25) is 0 Å². The van der Waals surface area contributed by atoms with E-state index in [0.29, 0.717) is 5.69 Å². The van der Waals surface area contributed by atoms with Gasteiger partial charge in [-0.3, -0.25) is 14.9 Å². The first-order valence-electron chi connectivity index (χ1n) is 7.17. The van der Waals surface area contributed by atoms with Crippen LogP contribution in [0.5, 0.6) is 0 Å². The maximum Gasteiger partial charge on any atom is 0.305 e. The first-order chi connectivity index (χ1) is 9.92. The average Bonchev–Trinajstić information content (AvgIpc) is 2.40. The van der Waals surface area contributed by atoms with E-state index in [1.165, 1.54) is 6.07 Å². The number of hydrogen-bond acceptors (Lipinski definition) is 4. The molecule has 1 aliphatic carbocycles. The van der Waals surface area contributed by atoms with Crippen molar-refractivity contribution in [2.75, 3.05) is 5.32 Å². The van der Waals surface area contributed by atoms with Gasteiger partial charge >= 0.3 is 5.97 Å². The van der Waals surface area contributed by atoms with Gasteiger partial charge in [0.05, 0.1) is 11.3 Å². The molecule has 1 aromatic carbocycles. The molecule has 1 aromatic rings. The highest BCUT2D eigenvalue weighted by Crippen LogP contribution is 2.37. The van der Waals surface area contributed by atoms with Gasteiger partial charge in [-0.25, -0.2) is 0 Å². The lowest BCUT2D eigenvalue weighted by atomic mass is 9.79. The van der Waals surface area contributed by atoms with Gasteiger partial charge < -0.3 is 10.4 Å². The van der Waals surface area contributed by atoms with E-state index in [2.05, 4.69) is 5.32 Å². The summed E-state index contributed by atoms with van der Waals surface area (Å²) in [5.74, 6) is -0.876. The van der Waals surface area contributed by atoms with E-state index in [4.69, 9.17) is 5.11 Å². The van der Waals surface area contributed by atoms with E-state index in [1.807, 2.05) is 0 Å². The van der Waals surface area contributed by atoms with Crippen LogP contribution in [0.15, 0.2) is 18.2 Å². The number of benzene rings is 1. The van der Waals surface area contributed by atoms with Gasteiger partial charge in [0.15, 0.2) is 0 Å². The molecule has 21 heavy (non-hydrogen) atoms. The lowest BCUT2D eigenvalue weighted by molar-refractivity contribution is -0.384. The largest absolute Gasteiger partial charge is 0.481 e. The Morgan fingerprint density at radius 3 is 2.62 bits per heavy atom. The number of rotatable bonds is 5. The Hall–Kier alpha value is -2.11. The molecule has 0 saturated heterocycles. The Labute approximate surface area is 123 Å². The molecule has 6 heteroatoms. The monoisotopic (exact) mass is 292 g/mol. The third-order valence-electron chi connectivity index (χ3n) is 4.05. The molecular weight excluding hydrogens is 272 g/mol. The highest BCUT2D eigenvalue weighted by molar-refractivity contribution is 5.71. The number of nitro groups is 1. The maximum absolute atomic E-state index is 11.2. The highest BCUT2D eigenvalue weighted by Gasteiger charge is 2.35. The van der Waals surface area contributed by atoms with Crippen molar-refractivity contribution in [2.24, 2.45) is 0 Å². The van der Waals surface area contributed by atoms with Gasteiger partial charge in [-0.2, -0.15) is 0 Å². The van der Waals surface area contributed by atoms with Crippen molar-refractivity contribution in [3.63, 3.8) is 0 Å². The molecule has 6 nitrogen and oxygen atoms in total. The van der Waals surface area contributed by atoms with Gasteiger partial charge in [-0.05, 0) is 31.4 Å². The van der Waals surface area contributed by atoms with Crippen LogP contribution in [0.4, 0.5) is 11.4 Å². The minimum Gasteiger partial charge on any atom is -0.481 e. The predicted molar refractivity (Wildman–Crippen MR) is 79.5 cm³/mol. The molecule has 1 aliphatic rings. The first-order valence-corrected chi connectivity index (χ1v) is 7.17. The Bertz CT molecular complexity index is 551. The summed E-state index contributed by atoms with van der Waals surface area (Å²) in [6.07, 6.45) is 4.41. The predicted octanol–water partition coefficient (Wildman–Crippen LogP) is 3.49. The number of nitro benzene ring substituents is 1. The number of anilines is 1. The molecular formula is C15H20N2O4. The number of nitrogens with one attached hydrogen (secondary N) is 1. The van der Waals surface area contributed by atoms with E-state index in [0.717, 1.165) is 37.7 Å². The Morgan fingerprint density at radius 2 is 2.05 bits per heavy atom. The van der Waals surface area contributed by atoms with Crippen LogP contribution in [0, 0.1) is 17.0 Å². The molecule has 2 N–H and O–H groups in total. The summed E-state index contributed by atoms with van der Waals surface area (Å²) in [7, 11) is 0. The number of carboxylic acids is 1. The van der Waals surface area contributed by atoms with Gasteiger partial charge in [0, 0.05) is 11.6 Å². The first kappa shape index (κ1) is 15.3. The Balaban J connectivity index is 2.32. The Morgan fingerprint density at radius 1 is 1.38 bits per heavy atom. The number of carbonyl (C=O) groups is 1. The fraction of sp³-hybridized carbons (Fsp3) is 0.533. The Kier molecular flexibility index (Phi) is 4.45. The quantitative estimate of drug-likeness (QED) is 0.640. The summed E-state index contributed by atoms with van der Waals surface area (Å²) in [5, 5.41) is 23.5. The van der Waals surface area contributed by atoms with Gasteiger partial charge in [0.1, 0.15) is 5.69 Å². The van der Waals surface area contributed by atoms with Crippen molar-refractivity contribution in [2.45, 2.75) is 51.0 Å². The van der Waals surface area contributed by atoms with E-state index >= 15 is 0 Å². The zero-order valence-corrected chi connectivity index (χ0v) is 12.1. The summed E-state index contributed by atoms with van der Waals surface area (Å²) in [5.41, 5.74) is 0.645. The zero-order chi connectivity index (χ0) is 15.5. The normalized spacial score (nSPS) is 17.2. The summed E-state index contributed by atoms with van der Waals surface area (Å²) in [6.45, 7) is 1.80. The molecule has 1 fully saturated rings. The van der Waals surface area contributed by atoms with Crippen molar-refractivity contribution in [1.29, 1.82) is 0 Å². The van der Waals surface area contributed by atoms with Crippen LogP contribution in [0.1, 0.15) is 44.1 Å².